The highest BCUT2D eigenvalue weighted by molar-refractivity contribution is 5.04. The van der Waals surface area contributed by atoms with Crippen molar-refractivity contribution >= 4 is 0 Å². The molecule has 0 aliphatic rings. The SMILES string of the molecule is C=CC(C)(O)CCC=C(C)CCC=C(C)CCCC(C)CCO. The normalized spacial score (nSPS) is 17.0. The minimum absolute atomic E-state index is 0.309. The molecular weight excluding hydrogens is 284 g/mol. The number of aliphatic hydroxyl groups excluding tert-OH is 1. The Labute approximate surface area is 144 Å². The van der Waals surface area contributed by atoms with Crippen LogP contribution in [0.2, 0.25) is 0 Å². The largest absolute Gasteiger partial charge is 0.396 e. The summed E-state index contributed by atoms with van der Waals surface area (Å²) in [6.45, 7) is 12.4. The van der Waals surface area contributed by atoms with Gasteiger partial charge in [0.15, 0.2) is 0 Å². The van der Waals surface area contributed by atoms with E-state index >= 15 is 0 Å². The van der Waals surface area contributed by atoms with Crippen LogP contribution in [0.1, 0.15) is 79.1 Å². The number of aliphatic hydroxyl groups is 2. The van der Waals surface area contributed by atoms with Crippen LogP contribution in [-0.2, 0) is 0 Å². The highest BCUT2D eigenvalue weighted by Crippen LogP contribution is 2.17. The van der Waals surface area contributed by atoms with Crippen molar-refractivity contribution in [1.82, 2.24) is 0 Å². The van der Waals surface area contributed by atoms with Gasteiger partial charge in [-0.1, -0.05) is 42.7 Å². The number of allylic oxidation sites excluding steroid dienone is 4. The Morgan fingerprint density at radius 3 is 2.30 bits per heavy atom. The fraction of sp³-hybridized carbons (Fsp3) is 0.714. The van der Waals surface area contributed by atoms with Gasteiger partial charge in [0, 0.05) is 6.61 Å². The monoisotopic (exact) mass is 322 g/mol. The Morgan fingerprint density at radius 2 is 1.70 bits per heavy atom. The maximum Gasteiger partial charge on any atom is 0.0800 e. The third-order valence-electron chi connectivity index (χ3n) is 4.50. The summed E-state index contributed by atoms with van der Waals surface area (Å²) in [5, 5.41) is 18.8. The van der Waals surface area contributed by atoms with Crippen LogP contribution >= 0.6 is 0 Å². The van der Waals surface area contributed by atoms with Crippen LogP contribution in [0.4, 0.5) is 0 Å². The second kappa shape index (κ2) is 12.5. The quantitative estimate of drug-likeness (QED) is 0.435. The summed E-state index contributed by atoms with van der Waals surface area (Å²) in [5.41, 5.74) is 2.12. The molecule has 0 aliphatic carbocycles. The second-order valence-corrected chi connectivity index (χ2v) is 7.25. The molecule has 0 aliphatic heterocycles. The van der Waals surface area contributed by atoms with Gasteiger partial charge < -0.3 is 10.2 Å². The molecule has 0 bridgehead atoms. The van der Waals surface area contributed by atoms with Crippen molar-refractivity contribution in [1.29, 1.82) is 0 Å². The Hall–Kier alpha value is -0.860. The third-order valence-corrected chi connectivity index (χ3v) is 4.50. The average Bonchev–Trinajstić information content (AvgIpc) is 2.47. The van der Waals surface area contributed by atoms with Crippen molar-refractivity contribution in [3.63, 3.8) is 0 Å². The summed E-state index contributed by atoms with van der Waals surface area (Å²) in [7, 11) is 0. The smallest absolute Gasteiger partial charge is 0.0800 e. The van der Waals surface area contributed by atoms with E-state index in [1.807, 2.05) is 0 Å². The molecule has 0 rings (SSSR count). The van der Waals surface area contributed by atoms with Gasteiger partial charge in [-0.05, 0) is 71.6 Å². The molecule has 23 heavy (non-hydrogen) atoms. The maximum atomic E-state index is 9.87. The van der Waals surface area contributed by atoms with Gasteiger partial charge in [0.2, 0.25) is 0 Å². The van der Waals surface area contributed by atoms with Crippen molar-refractivity contribution in [2.24, 2.45) is 5.92 Å². The molecule has 0 saturated carbocycles. The first-order valence-corrected chi connectivity index (χ1v) is 9.09. The lowest BCUT2D eigenvalue weighted by Gasteiger charge is -2.16. The lowest BCUT2D eigenvalue weighted by molar-refractivity contribution is 0.103. The van der Waals surface area contributed by atoms with E-state index in [9.17, 15) is 5.11 Å². The Kier molecular flexibility index (Phi) is 12.1. The van der Waals surface area contributed by atoms with Crippen molar-refractivity contribution in [3.8, 4) is 0 Å². The molecule has 2 unspecified atom stereocenters. The lowest BCUT2D eigenvalue weighted by atomic mass is 9.98. The van der Waals surface area contributed by atoms with Gasteiger partial charge in [-0.15, -0.1) is 6.58 Å². The van der Waals surface area contributed by atoms with E-state index in [1.54, 1.807) is 13.0 Å². The highest BCUT2D eigenvalue weighted by atomic mass is 16.3. The van der Waals surface area contributed by atoms with E-state index in [0.29, 0.717) is 12.5 Å². The van der Waals surface area contributed by atoms with E-state index in [2.05, 4.69) is 39.5 Å². The molecule has 0 spiro atoms. The van der Waals surface area contributed by atoms with Gasteiger partial charge in [-0.3, -0.25) is 0 Å². The van der Waals surface area contributed by atoms with Gasteiger partial charge in [-0.25, -0.2) is 0 Å². The van der Waals surface area contributed by atoms with Crippen LogP contribution in [0.15, 0.2) is 36.0 Å². The molecule has 2 atom stereocenters. The van der Waals surface area contributed by atoms with E-state index in [0.717, 1.165) is 32.1 Å². The molecule has 0 saturated heterocycles. The lowest BCUT2D eigenvalue weighted by Crippen LogP contribution is -2.19. The highest BCUT2D eigenvalue weighted by Gasteiger charge is 2.13. The molecule has 0 radical (unpaired) electrons. The topological polar surface area (TPSA) is 40.5 Å². The predicted molar refractivity (Wildman–Crippen MR) is 102 cm³/mol. The summed E-state index contributed by atoms with van der Waals surface area (Å²) in [6, 6.07) is 0. The van der Waals surface area contributed by atoms with Gasteiger partial charge in [0.25, 0.3) is 0 Å². The van der Waals surface area contributed by atoms with E-state index in [-0.39, 0.29) is 0 Å². The summed E-state index contributed by atoms with van der Waals surface area (Å²) < 4.78 is 0. The van der Waals surface area contributed by atoms with Crippen LogP contribution in [0.5, 0.6) is 0 Å². The maximum absolute atomic E-state index is 9.87. The van der Waals surface area contributed by atoms with Crippen molar-refractivity contribution in [3.05, 3.63) is 36.0 Å². The van der Waals surface area contributed by atoms with Gasteiger partial charge in [-0.2, -0.15) is 0 Å². The molecule has 0 aromatic carbocycles. The summed E-state index contributed by atoms with van der Waals surface area (Å²) in [5.74, 6) is 0.630. The van der Waals surface area contributed by atoms with Crippen LogP contribution in [0, 0.1) is 5.92 Å². The van der Waals surface area contributed by atoms with E-state index in [1.165, 1.54) is 30.4 Å². The molecule has 0 heterocycles. The molecule has 0 aromatic rings. The van der Waals surface area contributed by atoms with Gasteiger partial charge in [0.05, 0.1) is 5.60 Å². The van der Waals surface area contributed by atoms with Gasteiger partial charge >= 0.3 is 0 Å². The molecule has 2 N–H and O–H groups in total. The zero-order chi connectivity index (χ0) is 17.7. The number of hydrogen-bond donors (Lipinski definition) is 2. The molecule has 2 heteroatoms. The van der Waals surface area contributed by atoms with E-state index < -0.39 is 5.60 Å². The van der Waals surface area contributed by atoms with Crippen molar-refractivity contribution in [2.45, 2.75) is 84.7 Å². The molecule has 2 nitrogen and oxygen atoms in total. The Bertz CT molecular complexity index is 377. The number of hydrogen-bond acceptors (Lipinski definition) is 2. The van der Waals surface area contributed by atoms with Crippen LogP contribution in [0.3, 0.4) is 0 Å². The summed E-state index contributed by atoms with van der Waals surface area (Å²) in [4.78, 5) is 0. The average molecular weight is 323 g/mol. The van der Waals surface area contributed by atoms with Crippen LogP contribution in [-0.4, -0.2) is 22.4 Å². The first kappa shape index (κ1) is 22.1. The molecule has 134 valence electrons. The van der Waals surface area contributed by atoms with Crippen LogP contribution < -0.4 is 0 Å². The van der Waals surface area contributed by atoms with Crippen molar-refractivity contribution < 1.29 is 10.2 Å². The minimum Gasteiger partial charge on any atom is -0.396 e. The third kappa shape index (κ3) is 13.3. The van der Waals surface area contributed by atoms with Crippen LogP contribution in [0.25, 0.3) is 0 Å². The Balaban J connectivity index is 3.91. The van der Waals surface area contributed by atoms with E-state index in [4.69, 9.17) is 5.11 Å². The zero-order valence-electron chi connectivity index (χ0n) is 15.8. The number of rotatable bonds is 13. The van der Waals surface area contributed by atoms with Gasteiger partial charge in [0.1, 0.15) is 0 Å². The fourth-order valence-corrected chi connectivity index (χ4v) is 2.56. The standard InChI is InChI=1S/C21H38O2/c1-6-21(5,23)16-9-14-19(3)12-7-10-18(2)11-8-13-20(4)15-17-22/h6,10,14,20,22-23H,1,7-9,11-13,15-17H2,2-5H3. The fourth-order valence-electron chi connectivity index (χ4n) is 2.56. The molecule has 0 amide bonds. The zero-order valence-corrected chi connectivity index (χ0v) is 15.8. The first-order chi connectivity index (χ1) is 10.8. The minimum atomic E-state index is -0.750. The Morgan fingerprint density at radius 1 is 1.09 bits per heavy atom. The summed E-state index contributed by atoms with van der Waals surface area (Å²) in [6.07, 6.45) is 14.5. The predicted octanol–water partition coefficient (Wildman–Crippen LogP) is 5.57. The second-order valence-electron chi connectivity index (χ2n) is 7.25. The van der Waals surface area contributed by atoms with Crippen molar-refractivity contribution in [2.75, 3.05) is 6.61 Å². The summed E-state index contributed by atoms with van der Waals surface area (Å²) >= 11 is 0. The first-order valence-electron chi connectivity index (χ1n) is 9.09. The molecular formula is C21H38O2. The molecule has 0 fully saturated rings. The molecule has 0 aromatic heterocycles.